The van der Waals surface area contributed by atoms with E-state index in [9.17, 15) is 9.59 Å². The van der Waals surface area contributed by atoms with E-state index in [4.69, 9.17) is 25.3 Å². The molecule has 0 aliphatic heterocycles. The van der Waals surface area contributed by atoms with Crippen molar-refractivity contribution < 1.29 is 91.5 Å². The number of carbonyl (C=O) groups is 2. The van der Waals surface area contributed by atoms with Gasteiger partial charge in [-0.2, -0.15) is 0 Å². The fraction of sp³-hybridized carbons (Fsp3) is 0.667. The summed E-state index contributed by atoms with van der Waals surface area (Å²) in [4.78, 5) is 19.8. The topological polar surface area (TPSA) is 144 Å². The van der Waals surface area contributed by atoms with E-state index in [1.807, 2.05) is 0 Å². The molecule has 0 saturated heterocycles. The van der Waals surface area contributed by atoms with Gasteiger partial charge in [0, 0.05) is 12.8 Å². The molecular formula is C6H10BLi3O7. The van der Waals surface area contributed by atoms with Crippen molar-refractivity contribution in [2.45, 2.75) is 25.7 Å². The minimum Gasteiger partial charge on any atom is -0.907 e. The Morgan fingerprint density at radius 1 is 0.824 bits per heavy atom. The van der Waals surface area contributed by atoms with Crippen molar-refractivity contribution >= 4 is 19.3 Å². The molecule has 0 fully saturated rings. The molecule has 0 amide bonds. The summed E-state index contributed by atoms with van der Waals surface area (Å²) in [6, 6.07) is 0. The molecule has 0 aromatic rings. The number of unbranched alkanes of at least 4 members (excludes halogenated alkanes) is 1. The van der Waals surface area contributed by atoms with Crippen LogP contribution in [0.25, 0.3) is 0 Å². The van der Waals surface area contributed by atoms with Crippen LogP contribution in [0.4, 0.5) is 0 Å². The van der Waals surface area contributed by atoms with Crippen molar-refractivity contribution in [2.24, 2.45) is 0 Å². The summed E-state index contributed by atoms with van der Waals surface area (Å²) in [5, 5.41) is 41.5. The van der Waals surface area contributed by atoms with Crippen molar-refractivity contribution in [2.75, 3.05) is 0 Å². The van der Waals surface area contributed by atoms with Crippen molar-refractivity contribution in [1.29, 1.82) is 0 Å². The number of hydrogen-bond donors (Lipinski definition) is 2. The van der Waals surface area contributed by atoms with E-state index >= 15 is 0 Å². The third-order valence-electron chi connectivity index (χ3n) is 1.03. The van der Waals surface area contributed by atoms with Crippen LogP contribution in [0.1, 0.15) is 25.7 Å². The monoisotopic (exact) mass is 226 g/mol. The number of carboxylic acids is 2. The summed E-state index contributed by atoms with van der Waals surface area (Å²) in [5.41, 5.74) is 0. The zero-order chi connectivity index (χ0) is 11.6. The normalized spacial score (nSPS) is 7.00. The molecule has 82 valence electrons. The maximum atomic E-state index is 9.90. The second kappa shape index (κ2) is 21.9. The Labute approximate surface area is 136 Å². The molecule has 0 heterocycles. The van der Waals surface area contributed by atoms with Crippen molar-refractivity contribution in [3.8, 4) is 0 Å². The predicted molar refractivity (Wildman–Crippen MR) is 39.5 cm³/mol. The predicted octanol–water partition coefficient (Wildman–Crippen LogP) is -12.2. The van der Waals surface area contributed by atoms with Crippen molar-refractivity contribution in [1.82, 2.24) is 0 Å². The van der Waals surface area contributed by atoms with Gasteiger partial charge in [0.2, 0.25) is 0 Å². The van der Waals surface area contributed by atoms with Crippen LogP contribution in [0.2, 0.25) is 0 Å². The second-order valence-corrected chi connectivity index (χ2v) is 2.28. The third-order valence-corrected chi connectivity index (χ3v) is 1.03. The zero-order valence-electron chi connectivity index (χ0n) is 10.3. The van der Waals surface area contributed by atoms with E-state index in [-0.39, 0.29) is 69.4 Å². The zero-order valence-corrected chi connectivity index (χ0v) is 10.3. The van der Waals surface area contributed by atoms with E-state index in [0.717, 1.165) is 0 Å². The maximum Gasteiger partial charge on any atom is 1.00 e. The fourth-order valence-corrected chi connectivity index (χ4v) is 0.552. The van der Waals surface area contributed by atoms with Crippen LogP contribution >= 0.6 is 0 Å². The Morgan fingerprint density at radius 2 is 1.00 bits per heavy atom. The van der Waals surface area contributed by atoms with Gasteiger partial charge >= 0.3 is 68.5 Å². The first-order chi connectivity index (χ1) is 6.36. The Bertz CT molecular complexity index is 162. The van der Waals surface area contributed by atoms with E-state index < -0.39 is 19.3 Å². The SMILES string of the molecule is O=C(O)CCCCC(=O)O.[Li+].[Li+].[Li+].[O-]B([O-])[O-]. The largest absolute Gasteiger partial charge is 1.00 e. The minimum atomic E-state index is -2.92. The molecule has 0 aromatic heterocycles. The van der Waals surface area contributed by atoms with Gasteiger partial charge in [0.15, 0.2) is 0 Å². The molecule has 0 aliphatic rings. The third kappa shape index (κ3) is 61.0. The van der Waals surface area contributed by atoms with Crippen molar-refractivity contribution in [3.63, 3.8) is 0 Å². The molecule has 0 aliphatic carbocycles. The molecule has 0 spiro atoms. The van der Waals surface area contributed by atoms with Crippen LogP contribution < -0.4 is 71.7 Å². The van der Waals surface area contributed by atoms with E-state index in [2.05, 4.69) is 0 Å². The summed E-state index contributed by atoms with van der Waals surface area (Å²) >= 11 is 0. The molecule has 0 atom stereocenters. The molecule has 7 nitrogen and oxygen atoms in total. The van der Waals surface area contributed by atoms with E-state index in [1.54, 1.807) is 0 Å². The van der Waals surface area contributed by atoms with Crippen LogP contribution in [0.5, 0.6) is 0 Å². The Kier molecular flexibility index (Phi) is 39.4. The Morgan fingerprint density at radius 3 is 1.12 bits per heavy atom. The first-order valence-corrected chi connectivity index (χ1v) is 3.77. The maximum absolute atomic E-state index is 9.90. The number of rotatable bonds is 5. The van der Waals surface area contributed by atoms with Gasteiger partial charge < -0.3 is 25.3 Å². The average molecular weight is 226 g/mol. The van der Waals surface area contributed by atoms with Crippen LogP contribution in [0.3, 0.4) is 0 Å². The summed E-state index contributed by atoms with van der Waals surface area (Å²) in [5.74, 6) is -1.74. The average Bonchev–Trinajstić information content (AvgIpc) is 1.96. The number of hydrogen-bond acceptors (Lipinski definition) is 5. The fourth-order valence-electron chi connectivity index (χ4n) is 0.552. The van der Waals surface area contributed by atoms with E-state index in [0.29, 0.717) is 12.8 Å². The molecule has 0 aromatic carbocycles. The number of carboxylic acid groups (broad SMARTS) is 2. The van der Waals surface area contributed by atoms with Gasteiger partial charge in [0.25, 0.3) is 0 Å². The van der Waals surface area contributed by atoms with Crippen LogP contribution in [0.15, 0.2) is 0 Å². The van der Waals surface area contributed by atoms with Gasteiger partial charge in [-0.1, -0.05) is 0 Å². The van der Waals surface area contributed by atoms with Gasteiger partial charge in [-0.05, 0) is 12.8 Å². The molecule has 0 radical (unpaired) electrons. The van der Waals surface area contributed by atoms with E-state index in [1.165, 1.54) is 0 Å². The van der Waals surface area contributed by atoms with Gasteiger partial charge in [-0.3, -0.25) is 16.9 Å². The Balaban J connectivity index is -0.0000000607. The summed E-state index contributed by atoms with van der Waals surface area (Å²) in [6.07, 6.45) is 1.02. The molecule has 17 heavy (non-hydrogen) atoms. The molecular weight excluding hydrogens is 216 g/mol. The molecule has 2 N–H and O–H groups in total. The van der Waals surface area contributed by atoms with Crippen LogP contribution in [0, 0.1) is 0 Å². The first kappa shape index (κ1) is 30.6. The summed E-state index contributed by atoms with van der Waals surface area (Å²) < 4.78 is 0. The molecule has 11 heteroatoms. The smallest absolute Gasteiger partial charge is 0.907 e. The molecule has 0 bridgehead atoms. The summed E-state index contributed by atoms with van der Waals surface area (Å²) in [6.45, 7) is 0. The van der Waals surface area contributed by atoms with Gasteiger partial charge in [-0.15, -0.1) is 0 Å². The molecule has 0 unspecified atom stereocenters. The molecule has 0 saturated carbocycles. The second-order valence-electron chi connectivity index (χ2n) is 2.28. The summed E-state index contributed by atoms with van der Waals surface area (Å²) in [7, 11) is -2.92. The quantitative estimate of drug-likeness (QED) is 0.349. The standard InChI is InChI=1S/C6H10O4.BO3.3Li/c7-5(8)3-1-2-4-6(9)10;2-1(3)4;;;/h1-4H2,(H,7,8)(H,9,10);;;;/q;-3;3*+1. The van der Waals surface area contributed by atoms with Gasteiger partial charge in [0.05, 0.1) is 0 Å². The number of aliphatic carboxylic acids is 2. The van der Waals surface area contributed by atoms with Crippen LogP contribution in [-0.4, -0.2) is 29.5 Å². The van der Waals surface area contributed by atoms with Gasteiger partial charge in [0.1, 0.15) is 0 Å². The minimum absolute atomic E-state index is 0. The first-order valence-electron chi connectivity index (χ1n) is 3.77. The molecule has 0 rings (SSSR count). The van der Waals surface area contributed by atoms with Crippen LogP contribution in [-0.2, 0) is 9.59 Å². The van der Waals surface area contributed by atoms with Gasteiger partial charge in [-0.25, -0.2) is 0 Å². The van der Waals surface area contributed by atoms with Crippen molar-refractivity contribution in [3.05, 3.63) is 0 Å². The Hall–Kier alpha value is 0.677.